The second-order valence-electron chi connectivity index (χ2n) is 8.02. The highest BCUT2D eigenvalue weighted by Crippen LogP contribution is 2.36. The molecule has 5 nitrogen and oxygen atoms in total. The van der Waals surface area contributed by atoms with Gasteiger partial charge in [0.25, 0.3) is 0 Å². The summed E-state index contributed by atoms with van der Waals surface area (Å²) < 4.78 is 13.1. The van der Waals surface area contributed by atoms with Gasteiger partial charge < -0.3 is 10.2 Å². The lowest BCUT2D eigenvalue weighted by molar-refractivity contribution is 0.175. The first-order chi connectivity index (χ1) is 14.9. The van der Waals surface area contributed by atoms with Gasteiger partial charge >= 0.3 is 6.03 Å². The lowest BCUT2D eigenvalue weighted by atomic mass is 9.98. The van der Waals surface area contributed by atoms with Crippen LogP contribution in [0.4, 0.5) is 14.9 Å². The number of urea groups is 1. The fourth-order valence-corrected chi connectivity index (χ4v) is 4.67. The van der Waals surface area contributed by atoms with E-state index in [9.17, 15) is 9.18 Å². The van der Waals surface area contributed by atoms with Crippen LogP contribution in [0.25, 0.3) is 0 Å². The van der Waals surface area contributed by atoms with Crippen LogP contribution in [0.3, 0.4) is 0 Å². The van der Waals surface area contributed by atoms with Gasteiger partial charge in [-0.25, -0.2) is 14.2 Å². The van der Waals surface area contributed by atoms with E-state index in [1.165, 1.54) is 23.3 Å². The van der Waals surface area contributed by atoms with Crippen molar-refractivity contribution < 1.29 is 9.18 Å². The molecule has 0 radical (unpaired) electrons. The summed E-state index contributed by atoms with van der Waals surface area (Å²) in [6.07, 6.45) is 1.37. The minimum absolute atomic E-state index is 0.176. The predicted octanol–water partition coefficient (Wildman–Crippen LogP) is 5.42. The van der Waals surface area contributed by atoms with Gasteiger partial charge in [0.05, 0.1) is 5.71 Å². The number of carbonyl (C=O) groups excluding carboxylic acids is 1. The number of aryl methyl sites for hydroxylation is 2. The zero-order valence-electron chi connectivity index (χ0n) is 18.1. The van der Waals surface area contributed by atoms with Crippen LogP contribution in [0.2, 0.25) is 0 Å². The highest BCUT2D eigenvalue weighted by atomic mass is 32.2. The van der Waals surface area contributed by atoms with E-state index in [0.717, 1.165) is 22.1 Å². The number of thioether (sulfide) groups is 1. The zero-order chi connectivity index (χ0) is 22.0. The predicted molar refractivity (Wildman–Crippen MR) is 127 cm³/mol. The topological polar surface area (TPSA) is 57.1 Å². The molecule has 0 unspecified atom stereocenters. The number of rotatable bonds is 3. The standard InChI is InChI=1S/C24H27FN4OS/c1-4-31-22-21(18-6-5-16(2)17(3)15-18)27-24(28-22)11-13-29(14-12-24)23(30)26-20-9-7-19(25)8-10-20/h5-10,15H,4,11-14H2,1-3H3,(H,26,30). The van der Waals surface area contributed by atoms with Gasteiger partial charge in [0, 0.05) is 37.2 Å². The van der Waals surface area contributed by atoms with E-state index in [-0.39, 0.29) is 11.8 Å². The summed E-state index contributed by atoms with van der Waals surface area (Å²) in [5.74, 6) is 0.612. The normalized spacial score (nSPS) is 17.5. The van der Waals surface area contributed by atoms with Gasteiger partial charge in [-0.15, -0.1) is 11.8 Å². The van der Waals surface area contributed by atoms with E-state index >= 15 is 0 Å². The molecule has 31 heavy (non-hydrogen) atoms. The van der Waals surface area contributed by atoms with Crippen molar-refractivity contribution in [3.8, 4) is 0 Å². The van der Waals surface area contributed by atoms with Crippen molar-refractivity contribution in [2.75, 3.05) is 24.2 Å². The Balaban J connectivity index is 1.48. The monoisotopic (exact) mass is 438 g/mol. The van der Waals surface area contributed by atoms with E-state index in [2.05, 4.69) is 44.3 Å². The minimum Gasteiger partial charge on any atom is -0.324 e. The van der Waals surface area contributed by atoms with Crippen LogP contribution in [-0.2, 0) is 0 Å². The van der Waals surface area contributed by atoms with Crippen molar-refractivity contribution >= 4 is 34.2 Å². The largest absolute Gasteiger partial charge is 0.324 e. The summed E-state index contributed by atoms with van der Waals surface area (Å²) in [6, 6.07) is 12.1. The summed E-state index contributed by atoms with van der Waals surface area (Å²) in [7, 11) is 0. The van der Waals surface area contributed by atoms with E-state index in [4.69, 9.17) is 9.98 Å². The summed E-state index contributed by atoms with van der Waals surface area (Å²) in [5.41, 5.74) is 4.68. The van der Waals surface area contributed by atoms with Crippen LogP contribution in [0.5, 0.6) is 0 Å². The average Bonchev–Trinajstić information content (AvgIpc) is 3.10. The Morgan fingerprint density at radius 2 is 1.81 bits per heavy atom. The van der Waals surface area contributed by atoms with Crippen molar-refractivity contribution in [2.45, 2.75) is 39.3 Å². The molecule has 2 aliphatic heterocycles. The number of nitrogens with one attached hydrogen (secondary N) is 1. The first-order valence-corrected chi connectivity index (χ1v) is 11.6. The van der Waals surface area contributed by atoms with E-state index < -0.39 is 5.66 Å². The maximum absolute atomic E-state index is 13.1. The van der Waals surface area contributed by atoms with Gasteiger partial charge in [-0.05, 0) is 61.1 Å². The Kier molecular flexibility index (Phi) is 6.14. The molecule has 1 spiro atoms. The van der Waals surface area contributed by atoms with Gasteiger partial charge in [0.15, 0.2) is 5.66 Å². The average molecular weight is 439 g/mol. The molecule has 2 aliphatic rings. The number of likely N-dealkylation sites (tertiary alicyclic amines) is 1. The van der Waals surface area contributed by atoms with Crippen molar-refractivity contribution in [3.05, 3.63) is 65.0 Å². The lowest BCUT2D eigenvalue weighted by Gasteiger charge is -2.35. The molecule has 0 saturated carbocycles. The number of hydrogen-bond donors (Lipinski definition) is 1. The number of aliphatic imine (C=N–C) groups is 2. The third kappa shape index (κ3) is 4.66. The number of amides is 2. The number of halogens is 1. The molecule has 0 bridgehead atoms. The van der Waals surface area contributed by atoms with Crippen molar-refractivity contribution in [1.82, 2.24) is 4.90 Å². The van der Waals surface area contributed by atoms with Crippen LogP contribution in [-0.4, -0.2) is 46.2 Å². The van der Waals surface area contributed by atoms with Gasteiger partial charge in [0.2, 0.25) is 0 Å². The summed E-state index contributed by atoms with van der Waals surface area (Å²) >= 11 is 1.73. The molecule has 0 aliphatic carbocycles. The zero-order valence-corrected chi connectivity index (χ0v) is 18.9. The van der Waals surface area contributed by atoms with E-state index in [1.54, 1.807) is 28.8 Å². The third-order valence-corrected chi connectivity index (χ3v) is 6.69. The van der Waals surface area contributed by atoms with Crippen molar-refractivity contribution in [1.29, 1.82) is 0 Å². The molecule has 1 saturated heterocycles. The molecular weight excluding hydrogens is 411 g/mol. The minimum atomic E-state index is -0.488. The SMILES string of the molecule is CCSC1=NC2(CCN(C(=O)Nc3ccc(F)cc3)CC2)N=C1c1ccc(C)c(C)c1. The number of hydrogen-bond acceptors (Lipinski definition) is 4. The summed E-state index contributed by atoms with van der Waals surface area (Å²) in [5, 5.41) is 3.83. The molecular formula is C24H27FN4OS. The summed E-state index contributed by atoms with van der Waals surface area (Å²) in [4.78, 5) is 24.5. The fraction of sp³-hybridized carbons (Fsp3) is 0.375. The van der Waals surface area contributed by atoms with Crippen LogP contribution in [0.1, 0.15) is 36.5 Å². The highest BCUT2D eigenvalue weighted by molar-refractivity contribution is 8.15. The molecule has 0 aromatic heterocycles. The quantitative estimate of drug-likeness (QED) is 0.696. The fourth-order valence-electron chi connectivity index (χ4n) is 3.86. The van der Waals surface area contributed by atoms with Crippen LogP contribution < -0.4 is 5.32 Å². The Hall–Kier alpha value is -2.67. The Morgan fingerprint density at radius 3 is 2.45 bits per heavy atom. The molecule has 4 rings (SSSR count). The summed E-state index contributed by atoms with van der Waals surface area (Å²) in [6.45, 7) is 7.50. The maximum atomic E-state index is 13.1. The molecule has 2 heterocycles. The lowest BCUT2D eigenvalue weighted by Crippen LogP contribution is -2.46. The first kappa shape index (κ1) is 21.6. The molecule has 0 atom stereocenters. The second-order valence-corrected chi connectivity index (χ2v) is 9.27. The first-order valence-electron chi connectivity index (χ1n) is 10.6. The van der Waals surface area contributed by atoms with Crippen LogP contribution in [0.15, 0.2) is 52.4 Å². The molecule has 162 valence electrons. The number of anilines is 1. The molecule has 2 aromatic rings. The molecule has 7 heteroatoms. The third-order valence-electron chi connectivity index (χ3n) is 5.84. The van der Waals surface area contributed by atoms with Gasteiger partial charge in [0.1, 0.15) is 10.9 Å². The van der Waals surface area contributed by atoms with Gasteiger partial charge in [-0.1, -0.05) is 19.1 Å². The maximum Gasteiger partial charge on any atom is 0.321 e. The second kappa shape index (κ2) is 8.83. The number of nitrogens with zero attached hydrogens (tertiary/aromatic N) is 3. The highest BCUT2D eigenvalue weighted by Gasteiger charge is 2.40. The Labute approximate surface area is 186 Å². The van der Waals surface area contributed by atoms with E-state index in [0.29, 0.717) is 31.6 Å². The van der Waals surface area contributed by atoms with Gasteiger partial charge in [-0.3, -0.25) is 4.99 Å². The molecule has 1 N–H and O–H groups in total. The molecule has 2 aromatic carbocycles. The Morgan fingerprint density at radius 1 is 1.10 bits per heavy atom. The molecule has 1 fully saturated rings. The van der Waals surface area contributed by atoms with Crippen LogP contribution in [0, 0.1) is 19.7 Å². The van der Waals surface area contributed by atoms with E-state index in [1.807, 2.05) is 0 Å². The smallest absolute Gasteiger partial charge is 0.321 e. The van der Waals surface area contributed by atoms with Crippen LogP contribution >= 0.6 is 11.8 Å². The van der Waals surface area contributed by atoms with Crippen molar-refractivity contribution in [2.24, 2.45) is 9.98 Å². The number of carbonyl (C=O) groups is 1. The molecule has 2 amide bonds. The Bertz CT molecular complexity index is 1040. The number of benzene rings is 2. The van der Waals surface area contributed by atoms with Gasteiger partial charge in [-0.2, -0.15) is 0 Å². The number of piperidine rings is 1. The van der Waals surface area contributed by atoms with Crippen molar-refractivity contribution in [3.63, 3.8) is 0 Å².